The summed E-state index contributed by atoms with van der Waals surface area (Å²) >= 11 is 0. The molecule has 0 nitrogen and oxygen atoms in total. The Labute approximate surface area is 91.4 Å². The van der Waals surface area contributed by atoms with Crippen molar-refractivity contribution in [2.45, 2.75) is 7.43 Å². The standard InChI is InChI=1S/CH4.Cr.Mn.Mo.Si.V/h1H4;;;;;. The maximum atomic E-state index is 0. The fourth-order valence-corrected chi connectivity index (χ4v) is 0. The second kappa shape index (κ2) is 50.0. The summed E-state index contributed by atoms with van der Waals surface area (Å²) in [6.45, 7) is 0. The second-order valence-corrected chi connectivity index (χ2v) is 0. The van der Waals surface area contributed by atoms with Crippen molar-refractivity contribution < 1.29 is 74.1 Å². The fraction of sp³-hybridized carbons (Fsp3) is 1.00. The van der Waals surface area contributed by atoms with Crippen molar-refractivity contribution in [3.63, 3.8) is 0 Å². The van der Waals surface area contributed by atoms with Crippen LogP contribution in [0.4, 0.5) is 0 Å². The Balaban J connectivity index is 0. The Morgan fingerprint density at radius 1 is 1.00 bits per heavy atom. The van der Waals surface area contributed by atoms with Crippen LogP contribution < -0.4 is 0 Å². The van der Waals surface area contributed by atoms with Crippen LogP contribution in [0.15, 0.2) is 0 Å². The summed E-state index contributed by atoms with van der Waals surface area (Å²) < 4.78 is 0. The summed E-state index contributed by atoms with van der Waals surface area (Å²) in [6.07, 6.45) is 0. The molecule has 0 aliphatic heterocycles. The minimum atomic E-state index is 0. The van der Waals surface area contributed by atoms with E-state index in [2.05, 4.69) is 0 Å². The first kappa shape index (κ1) is 75.2. The summed E-state index contributed by atoms with van der Waals surface area (Å²) in [7, 11) is 0. The smallest absolute Gasteiger partial charge is 0 e. The summed E-state index contributed by atoms with van der Waals surface area (Å²) in [4.78, 5) is 0. The minimum absolute atomic E-state index is 0. The molecule has 0 rings (SSSR count). The predicted octanol–water partition coefficient (Wildman–Crippen LogP) is 0.245. The molecule has 0 saturated carbocycles. The third-order valence-electron chi connectivity index (χ3n) is 0. The van der Waals surface area contributed by atoms with Gasteiger partial charge in [-0.05, 0) is 0 Å². The third kappa shape index (κ3) is 31.1. The molecule has 6 radical (unpaired) electrons. The second-order valence-electron chi connectivity index (χ2n) is 0. The quantitative estimate of drug-likeness (QED) is 0.562. The van der Waals surface area contributed by atoms with Gasteiger partial charge in [-0.1, -0.05) is 7.43 Å². The van der Waals surface area contributed by atoms with E-state index in [4.69, 9.17) is 0 Å². The summed E-state index contributed by atoms with van der Waals surface area (Å²) in [5.41, 5.74) is 0. The van der Waals surface area contributed by atoms with Crippen molar-refractivity contribution in [1.29, 1.82) is 0 Å². The SMILES string of the molecule is C.[Cr].[Mn].[Mo].[Si].[V]. The first-order chi connectivity index (χ1) is 0. The zero-order valence-corrected chi connectivity index (χ0v) is 9.00. The van der Waals surface area contributed by atoms with E-state index < -0.39 is 0 Å². The molecule has 5 heteroatoms. The molecule has 0 aliphatic rings. The van der Waals surface area contributed by atoms with Gasteiger partial charge in [0.1, 0.15) is 0 Å². The van der Waals surface area contributed by atoms with Gasteiger partial charge in [-0.15, -0.1) is 0 Å². The normalized spacial score (nSPS) is 0. The molecule has 0 unspecified atom stereocenters. The van der Waals surface area contributed by atoms with Gasteiger partial charge in [0.2, 0.25) is 0 Å². The van der Waals surface area contributed by atoms with E-state index >= 15 is 0 Å². The van der Waals surface area contributed by atoms with E-state index in [1.165, 1.54) is 0 Å². The molecule has 0 heterocycles. The average molecular weight is 298 g/mol. The molecule has 0 atom stereocenters. The Kier molecular flexibility index (Phi) is 626. The van der Waals surface area contributed by atoms with Crippen LogP contribution in [0.25, 0.3) is 0 Å². The number of hydrogen-bond acceptors (Lipinski definition) is 0. The molecular formula is CH4CrMnMoSiV. The Bertz CT molecular complexity index is 15.5. The van der Waals surface area contributed by atoms with Crippen LogP contribution in [-0.2, 0) is 74.1 Å². The fourth-order valence-electron chi connectivity index (χ4n) is 0. The van der Waals surface area contributed by atoms with Gasteiger partial charge in [0, 0.05) is 85.0 Å². The van der Waals surface area contributed by atoms with Gasteiger partial charge in [0.15, 0.2) is 0 Å². The van der Waals surface area contributed by atoms with Gasteiger partial charge in [-0.2, -0.15) is 0 Å². The van der Waals surface area contributed by atoms with E-state index in [1.54, 1.807) is 0 Å². The molecule has 0 aliphatic carbocycles. The van der Waals surface area contributed by atoms with Crippen LogP contribution in [0, 0.1) is 0 Å². The molecule has 0 aromatic rings. The van der Waals surface area contributed by atoms with Gasteiger partial charge in [0.05, 0.1) is 0 Å². The maximum Gasteiger partial charge on any atom is 0 e. The summed E-state index contributed by atoms with van der Waals surface area (Å²) in [6, 6.07) is 0. The van der Waals surface area contributed by atoms with Crippen molar-refractivity contribution in [2.75, 3.05) is 0 Å². The largest absolute Gasteiger partial charge is 0.0776 e. The number of hydrogen-bond donors (Lipinski definition) is 0. The van der Waals surface area contributed by atoms with Crippen LogP contribution in [-0.4, -0.2) is 11.0 Å². The molecule has 0 aromatic carbocycles. The Morgan fingerprint density at radius 2 is 1.00 bits per heavy atom. The maximum absolute atomic E-state index is 0. The summed E-state index contributed by atoms with van der Waals surface area (Å²) in [5, 5.41) is 0. The van der Waals surface area contributed by atoms with Gasteiger partial charge in [0.25, 0.3) is 0 Å². The molecule has 0 N–H and O–H groups in total. The van der Waals surface area contributed by atoms with E-state index in [0.717, 1.165) is 0 Å². The van der Waals surface area contributed by atoms with Crippen LogP contribution in [0.3, 0.4) is 0 Å². The molecule has 6 heavy (non-hydrogen) atoms. The van der Waals surface area contributed by atoms with Crippen molar-refractivity contribution in [3.05, 3.63) is 0 Å². The molecule has 0 amide bonds. The third-order valence-corrected chi connectivity index (χ3v) is 0. The summed E-state index contributed by atoms with van der Waals surface area (Å²) in [5.74, 6) is 0. The van der Waals surface area contributed by atoms with Crippen LogP contribution in [0.1, 0.15) is 7.43 Å². The van der Waals surface area contributed by atoms with E-state index in [9.17, 15) is 0 Å². The van der Waals surface area contributed by atoms with E-state index in [-0.39, 0.29) is 92.4 Å². The van der Waals surface area contributed by atoms with Crippen molar-refractivity contribution >= 4 is 11.0 Å². The monoisotopic (exact) mass is 300 g/mol. The molecule has 0 fully saturated rings. The van der Waals surface area contributed by atoms with Gasteiger partial charge in [-0.25, -0.2) is 0 Å². The first-order valence-corrected chi connectivity index (χ1v) is 0. The van der Waals surface area contributed by atoms with Gasteiger partial charge < -0.3 is 0 Å². The van der Waals surface area contributed by atoms with Gasteiger partial charge >= 0.3 is 0 Å². The molecule has 0 aromatic heterocycles. The van der Waals surface area contributed by atoms with Crippen molar-refractivity contribution in [2.24, 2.45) is 0 Å². The Morgan fingerprint density at radius 3 is 1.00 bits per heavy atom. The first-order valence-electron chi connectivity index (χ1n) is 0. The molecule has 0 bridgehead atoms. The Hall–Kier alpha value is 2.54. The van der Waals surface area contributed by atoms with E-state index in [1.807, 2.05) is 0 Å². The zero-order valence-electron chi connectivity index (χ0n) is 2.14. The minimum Gasteiger partial charge on any atom is -0.0776 e. The number of rotatable bonds is 0. The van der Waals surface area contributed by atoms with Crippen molar-refractivity contribution in [1.82, 2.24) is 0 Å². The van der Waals surface area contributed by atoms with Crippen LogP contribution >= 0.6 is 0 Å². The van der Waals surface area contributed by atoms with Gasteiger partial charge in [-0.3, -0.25) is 0 Å². The topological polar surface area (TPSA) is 0 Å². The van der Waals surface area contributed by atoms with Crippen LogP contribution in [0.2, 0.25) is 0 Å². The van der Waals surface area contributed by atoms with Crippen molar-refractivity contribution in [3.8, 4) is 0 Å². The molecular weight excluding hydrogens is 294 g/mol. The molecule has 0 saturated heterocycles. The van der Waals surface area contributed by atoms with E-state index in [0.29, 0.717) is 0 Å². The average Bonchev–Trinajstić information content (AvgIpc) is 0. The zero-order chi connectivity index (χ0) is 0. The molecule has 36 valence electrons. The predicted molar refractivity (Wildman–Crippen MR) is 12.5 cm³/mol. The van der Waals surface area contributed by atoms with Crippen LogP contribution in [0.5, 0.6) is 0 Å². The molecule has 0 spiro atoms.